The zero-order chi connectivity index (χ0) is 32.6. The van der Waals surface area contributed by atoms with Gasteiger partial charge in [-0.1, -0.05) is 37.9 Å². The summed E-state index contributed by atoms with van der Waals surface area (Å²) in [6.45, 7) is 9.73. The number of fused-ring (bicyclic) bond motifs is 1. The van der Waals surface area contributed by atoms with Crippen LogP contribution in [-0.2, 0) is 16.0 Å². The van der Waals surface area contributed by atoms with Gasteiger partial charge in [-0.15, -0.1) is 0 Å². The summed E-state index contributed by atoms with van der Waals surface area (Å²) in [5, 5.41) is 7.10. The van der Waals surface area contributed by atoms with Crippen molar-refractivity contribution in [3.8, 4) is 0 Å². The highest BCUT2D eigenvalue weighted by Gasteiger charge is 2.44. The van der Waals surface area contributed by atoms with E-state index in [1.165, 1.54) is 16.1 Å². The van der Waals surface area contributed by atoms with Gasteiger partial charge in [0.2, 0.25) is 5.91 Å². The van der Waals surface area contributed by atoms with Gasteiger partial charge in [-0.05, 0) is 63.5 Å². The zero-order valence-electron chi connectivity index (χ0n) is 27.3. The Morgan fingerprint density at radius 3 is 2.53 bits per heavy atom. The fourth-order valence-corrected chi connectivity index (χ4v) is 6.63. The standard InChI is InChI=1S/C33H45FN6O5/c1-8-24-23(17-44-38-24)30(41)37-27(19-11-9-18(2)10-12-19)29-35-25-14-13-20(26(34)28(25)36-29)21-15-40(32(43)45-33(3,4)5)16-22(21)31(42)39(6)7/h13-14,17-19,21-22,27H,8-12,15-16H2,1-7H3,(H,35,36)(H,37,41). The highest BCUT2D eigenvalue weighted by atomic mass is 19.1. The summed E-state index contributed by atoms with van der Waals surface area (Å²) in [7, 11) is 3.30. The zero-order valence-corrected chi connectivity index (χ0v) is 27.3. The molecular formula is C33H45FN6O5. The molecule has 1 saturated heterocycles. The smallest absolute Gasteiger partial charge is 0.410 e. The highest BCUT2D eigenvalue weighted by molar-refractivity contribution is 5.95. The summed E-state index contributed by atoms with van der Waals surface area (Å²) < 4.78 is 27.1. The number of benzene rings is 1. The number of halogens is 1. The first-order valence-corrected chi connectivity index (χ1v) is 15.9. The van der Waals surface area contributed by atoms with Crippen LogP contribution >= 0.6 is 0 Å². The first-order chi connectivity index (χ1) is 21.3. The van der Waals surface area contributed by atoms with Gasteiger partial charge in [0.1, 0.15) is 28.8 Å². The van der Waals surface area contributed by atoms with E-state index >= 15 is 4.39 Å². The first-order valence-electron chi connectivity index (χ1n) is 15.9. The van der Waals surface area contributed by atoms with Crippen LogP contribution in [0.2, 0.25) is 0 Å². The molecule has 2 aromatic heterocycles. The number of amides is 3. The van der Waals surface area contributed by atoms with Crippen molar-refractivity contribution in [2.45, 2.75) is 84.3 Å². The number of aromatic nitrogens is 3. The molecule has 1 aliphatic carbocycles. The Bertz CT molecular complexity index is 1550. The Labute approximate surface area is 263 Å². The third-order valence-corrected chi connectivity index (χ3v) is 9.11. The SMILES string of the molecule is CCc1nocc1C(=O)NC(c1nc2c(F)c(C3CN(C(=O)OC(C)(C)C)CC3C(=O)N(C)C)ccc2[nH]1)C1CCC(C)CC1. The molecule has 3 amide bonds. The molecule has 1 saturated carbocycles. The maximum absolute atomic E-state index is 16.5. The molecule has 2 fully saturated rings. The molecule has 2 aliphatic rings. The minimum atomic E-state index is -0.708. The van der Waals surface area contributed by atoms with E-state index in [0.717, 1.165) is 25.7 Å². The molecule has 3 atom stereocenters. The van der Waals surface area contributed by atoms with Crippen LogP contribution in [0, 0.1) is 23.6 Å². The minimum absolute atomic E-state index is 0.109. The van der Waals surface area contributed by atoms with Crippen LogP contribution < -0.4 is 5.32 Å². The molecule has 2 N–H and O–H groups in total. The van der Waals surface area contributed by atoms with Gasteiger partial charge >= 0.3 is 6.09 Å². The molecule has 3 aromatic rings. The van der Waals surface area contributed by atoms with E-state index in [1.807, 2.05) is 6.92 Å². The Kier molecular flexibility index (Phi) is 9.23. The van der Waals surface area contributed by atoms with Gasteiger partial charge in [0, 0.05) is 33.1 Å². The predicted octanol–water partition coefficient (Wildman–Crippen LogP) is 5.59. The van der Waals surface area contributed by atoms with Crippen molar-refractivity contribution in [2.75, 3.05) is 27.2 Å². The Morgan fingerprint density at radius 1 is 1.18 bits per heavy atom. The molecule has 11 nitrogen and oxygen atoms in total. The number of imidazole rings is 1. The van der Waals surface area contributed by atoms with Crippen LogP contribution in [0.1, 0.15) is 99.7 Å². The average molecular weight is 625 g/mol. The summed E-state index contributed by atoms with van der Waals surface area (Å²) >= 11 is 0. The maximum atomic E-state index is 16.5. The number of rotatable bonds is 7. The van der Waals surface area contributed by atoms with Gasteiger partial charge in [-0.2, -0.15) is 0 Å². The number of hydrogen-bond donors (Lipinski definition) is 2. The highest BCUT2D eigenvalue weighted by Crippen LogP contribution is 2.40. The van der Waals surface area contributed by atoms with E-state index in [4.69, 9.17) is 14.2 Å². The molecule has 3 unspecified atom stereocenters. The van der Waals surface area contributed by atoms with E-state index in [1.54, 1.807) is 47.0 Å². The normalized spacial score (nSPS) is 22.8. The van der Waals surface area contributed by atoms with Crippen LogP contribution in [0.4, 0.5) is 9.18 Å². The second-order valence-electron chi connectivity index (χ2n) is 13.8. The number of carbonyl (C=O) groups excluding carboxylic acids is 3. The second kappa shape index (κ2) is 12.8. The van der Waals surface area contributed by atoms with Crippen molar-refractivity contribution in [3.63, 3.8) is 0 Å². The number of hydrogen-bond acceptors (Lipinski definition) is 7. The molecule has 1 aliphatic heterocycles. The van der Waals surface area contributed by atoms with E-state index in [9.17, 15) is 14.4 Å². The van der Waals surface area contributed by atoms with Crippen LogP contribution in [0.3, 0.4) is 0 Å². The van der Waals surface area contributed by atoms with Crippen molar-refractivity contribution in [1.29, 1.82) is 0 Å². The molecule has 12 heteroatoms. The number of nitrogens with one attached hydrogen (secondary N) is 2. The van der Waals surface area contributed by atoms with Gasteiger partial charge in [0.15, 0.2) is 5.82 Å². The maximum Gasteiger partial charge on any atom is 0.410 e. The van der Waals surface area contributed by atoms with Gasteiger partial charge < -0.3 is 29.4 Å². The molecule has 0 bridgehead atoms. The number of H-pyrrole nitrogens is 1. The summed E-state index contributed by atoms with van der Waals surface area (Å²) in [4.78, 5) is 50.6. The molecule has 5 rings (SSSR count). The van der Waals surface area contributed by atoms with Crippen molar-refractivity contribution < 1.29 is 28.0 Å². The lowest BCUT2D eigenvalue weighted by Gasteiger charge is -2.32. The van der Waals surface area contributed by atoms with Crippen LogP contribution in [0.15, 0.2) is 22.9 Å². The predicted molar refractivity (Wildman–Crippen MR) is 166 cm³/mol. The topological polar surface area (TPSA) is 134 Å². The number of ether oxygens (including phenoxy) is 1. The summed E-state index contributed by atoms with van der Waals surface area (Å²) in [5.74, 6) is -1.10. The summed E-state index contributed by atoms with van der Waals surface area (Å²) in [6, 6.07) is 2.95. The van der Waals surface area contributed by atoms with E-state index < -0.39 is 35.4 Å². The van der Waals surface area contributed by atoms with Crippen molar-refractivity contribution in [2.24, 2.45) is 17.8 Å². The van der Waals surface area contributed by atoms with E-state index in [0.29, 0.717) is 40.5 Å². The fourth-order valence-electron chi connectivity index (χ4n) is 6.63. The number of nitrogens with zero attached hydrogens (tertiary/aromatic N) is 4. The summed E-state index contributed by atoms with van der Waals surface area (Å²) in [5.41, 5.74) is 1.19. The Morgan fingerprint density at radius 2 is 1.89 bits per heavy atom. The number of likely N-dealkylation sites (tertiary alicyclic amines) is 1. The molecule has 45 heavy (non-hydrogen) atoms. The van der Waals surface area contributed by atoms with Crippen molar-refractivity contribution >= 4 is 28.9 Å². The number of aromatic amines is 1. The van der Waals surface area contributed by atoms with E-state index in [-0.39, 0.29) is 36.3 Å². The monoisotopic (exact) mass is 624 g/mol. The summed E-state index contributed by atoms with van der Waals surface area (Å²) in [6.07, 6.45) is 5.22. The molecule has 3 heterocycles. The molecule has 1 aromatic carbocycles. The third kappa shape index (κ3) is 6.84. The lowest BCUT2D eigenvalue weighted by Crippen LogP contribution is -2.37. The first kappa shape index (κ1) is 32.4. The Hall–Kier alpha value is -3.96. The second-order valence-corrected chi connectivity index (χ2v) is 13.8. The van der Waals surface area contributed by atoms with Gasteiger partial charge in [-0.25, -0.2) is 14.2 Å². The van der Waals surface area contributed by atoms with Gasteiger partial charge in [0.25, 0.3) is 5.91 Å². The van der Waals surface area contributed by atoms with Crippen molar-refractivity contribution in [1.82, 2.24) is 30.2 Å². The molecule has 244 valence electrons. The molecular weight excluding hydrogens is 579 g/mol. The van der Waals surface area contributed by atoms with E-state index in [2.05, 4.69) is 22.4 Å². The number of carbonyl (C=O) groups is 3. The lowest BCUT2D eigenvalue weighted by molar-refractivity contribution is -0.132. The van der Waals surface area contributed by atoms with Crippen molar-refractivity contribution in [3.05, 3.63) is 46.9 Å². The third-order valence-electron chi connectivity index (χ3n) is 9.11. The lowest BCUT2D eigenvalue weighted by atomic mass is 9.79. The van der Waals surface area contributed by atoms with Gasteiger partial charge in [0.05, 0.1) is 23.2 Å². The quantitative estimate of drug-likeness (QED) is 0.350. The minimum Gasteiger partial charge on any atom is -0.444 e. The van der Waals surface area contributed by atoms with Crippen LogP contribution in [-0.4, -0.2) is 75.6 Å². The molecule has 0 radical (unpaired) electrons. The van der Waals surface area contributed by atoms with Crippen LogP contribution in [0.5, 0.6) is 0 Å². The fraction of sp³-hybridized carbons (Fsp3) is 0.606. The van der Waals surface area contributed by atoms with Crippen LogP contribution in [0.25, 0.3) is 11.0 Å². The molecule has 0 spiro atoms. The Balaban J connectivity index is 1.49. The number of aryl methyl sites for hydroxylation is 1. The average Bonchev–Trinajstić information content (AvgIpc) is 3.74. The van der Waals surface area contributed by atoms with Gasteiger partial charge in [-0.3, -0.25) is 9.59 Å². The largest absolute Gasteiger partial charge is 0.444 e.